The van der Waals surface area contributed by atoms with Crippen molar-refractivity contribution in [1.29, 1.82) is 0 Å². The standard InChI is InChI=1S/C20H22O6/c1-12-15-9-8-14(25-19(22)13-6-4-3-5-7-13)10-17(15)26-20(23)16(12)11-18(21)24-2/h8-10,13H,3-7,11H2,1-2H3. The first kappa shape index (κ1) is 18.2. The first-order chi connectivity index (χ1) is 12.5. The minimum Gasteiger partial charge on any atom is -0.469 e. The van der Waals surface area contributed by atoms with Gasteiger partial charge in [-0.15, -0.1) is 0 Å². The predicted molar refractivity (Wildman–Crippen MR) is 95.2 cm³/mol. The second-order valence-electron chi connectivity index (χ2n) is 6.66. The van der Waals surface area contributed by atoms with Crippen LogP contribution in [0.2, 0.25) is 0 Å². The average molecular weight is 358 g/mol. The van der Waals surface area contributed by atoms with Crippen molar-refractivity contribution in [3.05, 3.63) is 39.7 Å². The zero-order chi connectivity index (χ0) is 18.7. The lowest BCUT2D eigenvalue weighted by atomic mass is 9.89. The molecule has 6 nitrogen and oxygen atoms in total. The molecule has 1 saturated carbocycles. The van der Waals surface area contributed by atoms with Gasteiger partial charge in [0.05, 0.1) is 25.0 Å². The van der Waals surface area contributed by atoms with Gasteiger partial charge in [0.15, 0.2) is 0 Å². The zero-order valence-electron chi connectivity index (χ0n) is 15.0. The van der Waals surface area contributed by atoms with Gasteiger partial charge in [-0.3, -0.25) is 9.59 Å². The van der Waals surface area contributed by atoms with Gasteiger partial charge in [0.1, 0.15) is 11.3 Å². The number of carbonyl (C=O) groups is 2. The van der Waals surface area contributed by atoms with E-state index in [2.05, 4.69) is 4.74 Å². The van der Waals surface area contributed by atoms with Crippen LogP contribution in [0.3, 0.4) is 0 Å². The van der Waals surface area contributed by atoms with Crippen molar-refractivity contribution in [3.8, 4) is 5.75 Å². The fourth-order valence-electron chi connectivity index (χ4n) is 3.40. The largest absolute Gasteiger partial charge is 0.469 e. The van der Waals surface area contributed by atoms with Crippen molar-refractivity contribution in [3.63, 3.8) is 0 Å². The van der Waals surface area contributed by atoms with Crippen LogP contribution in [0.5, 0.6) is 5.75 Å². The molecule has 138 valence electrons. The highest BCUT2D eigenvalue weighted by Crippen LogP contribution is 2.28. The van der Waals surface area contributed by atoms with Gasteiger partial charge in [-0.25, -0.2) is 4.79 Å². The third-order valence-corrected chi connectivity index (χ3v) is 4.96. The summed E-state index contributed by atoms with van der Waals surface area (Å²) in [5.41, 5.74) is 0.675. The molecule has 1 aromatic heterocycles. The van der Waals surface area contributed by atoms with Gasteiger partial charge in [-0.1, -0.05) is 19.3 Å². The van der Waals surface area contributed by atoms with E-state index in [-0.39, 0.29) is 23.9 Å². The highest BCUT2D eigenvalue weighted by atomic mass is 16.5. The molecule has 0 atom stereocenters. The summed E-state index contributed by atoms with van der Waals surface area (Å²) in [6.45, 7) is 1.76. The van der Waals surface area contributed by atoms with Crippen molar-refractivity contribution in [2.24, 2.45) is 5.92 Å². The number of hydrogen-bond donors (Lipinski definition) is 0. The maximum Gasteiger partial charge on any atom is 0.340 e. The van der Waals surface area contributed by atoms with Gasteiger partial charge in [-0.2, -0.15) is 0 Å². The molecule has 1 heterocycles. The van der Waals surface area contributed by atoms with Crippen LogP contribution >= 0.6 is 0 Å². The molecule has 1 fully saturated rings. The molecule has 26 heavy (non-hydrogen) atoms. The van der Waals surface area contributed by atoms with Crippen LogP contribution in [0, 0.1) is 12.8 Å². The molecule has 0 radical (unpaired) electrons. The van der Waals surface area contributed by atoms with E-state index in [9.17, 15) is 14.4 Å². The van der Waals surface area contributed by atoms with Gasteiger partial charge in [0.25, 0.3) is 0 Å². The number of fused-ring (bicyclic) bond motifs is 1. The lowest BCUT2D eigenvalue weighted by Crippen LogP contribution is -2.22. The molecule has 0 N–H and O–H groups in total. The summed E-state index contributed by atoms with van der Waals surface area (Å²) < 4.78 is 15.4. The van der Waals surface area contributed by atoms with Crippen LogP contribution in [-0.4, -0.2) is 19.0 Å². The Bertz CT molecular complexity index is 889. The monoisotopic (exact) mass is 358 g/mol. The SMILES string of the molecule is COC(=O)Cc1c(C)c2ccc(OC(=O)C3CCCCC3)cc2oc1=O. The summed E-state index contributed by atoms with van der Waals surface area (Å²) in [5.74, 6) is -0.435. The smallest absolute Gasteiger partial charge is 0.340 e. The fraction of sp³-hybridized carbons (Fsp3) is 0.450. The molecule has 3 rings (SSSR count). The third kappa shape index (κ3) is 3.79. The predicted octanol–water partition coefficient (Wildman–Crippen LogP) is 3.30. The maximum atomic E-state index is 12.3. The highest BCUT2D eigenvalue weighted by Gasteiger charge is 2.23. The molecule has 1 aliphatic rings. The van der Waals surface area contributed by atoms with E-state index in [0.29, 0.717) is 22.3 Å². The Kier molecular flexibility index (Phi) is 5.40. The summed E-state index contributed by atoms with van der Waals surface area (Å²) in [6, 6.07) is 4.96. The molecule has 6 heteroatoms. The number of methoxy groups -OCH3 is 1. The van der Waals surface area contributed by atoms with Crippen LogP contribution in [0.15, 0.2) is 27.4 Å². The number of esters is 2. The number of ether oxygens (including phenoxy) is 2. The molecular formula is C20H22O6. The van der Waals surface area contributed by atoms with E-state index in [0.717, 1.165) is 32.1 Å². The summed E-state index contributed by atoms with van der Waals surface area (Å²) in [4.78, 5) is 36.0. The molecule has 0 spiro atoms. The molecule has 0 bridgehead atoms. The van der Waals surface area contributed by atoms with Gasteiger partial charge < -0.3 is 13.9 Å². The van der Waals surface area contributed by atoms with E-state index in [1.807, 2.05) is 0 Å². The summed E-state index contributed by atoms with van der Waals surface area (Å²) in [5, 5.41) is 0.695. The number of hydrogen-bond acceptors (Lipinski definition) is 6. The van der Waals surface area contributed by atoms with Crippen LogP contribution in [0.25, 0.3) is 11.0 Å². The number of carbonyl (C=O) groups excluding carboxylic acids is 2. The van der Waals surface area contributed by atoms with Crippen LogP contribution < -0.4 is 10.4 Å². The van der Waals surface area contributed by atoms with E-state index in [4.69, 9.17) is 9.15 Å². The van der Waals surface area contributed by atoms with Gasteiger partial charge >= 0.3 is 17.6 Å². The lowest BCUT2D eigenvalue weighted by Gasteiger charge is -2.19. The Labute approximate surface area is 151 Å². The molecule has 1 aliphatic carbocycles. The Balaban J connectivity index is 1.87. The van der Waals surface area contributed by atoms with Gasteiger partial charge in [0.2, 0.25) is 0 Å². The minimum absolute atomic E-state index is 0.0596. The molecular weight excluding hydrogens is 336 g/mol. The number of rotatable bonds is 4. The Hall–Kier alpha value is -2.63. The molecule has 0 unspecified atom stereocenters. The second kappa shape index (κ2) is 7.72. The number of aryl methyl sites for hydroxylation is 1. The second-order valence-corrected chi connectivity index (χ2v) is 6.66. The summed E-state index contributed by atoms with van der Waals surface area (Å²) >= 11 is 0. The fourth-order valence-corrected chi connectivity index (χ4v) is 3.40. The van der Waals surface area contributed by atoms with E-state index >= 15 is 0 Å². The molecule has 0 amide bonds. The highest BCUT2D eigenvalue weighted by molar-refractivity contribution is 5.85. The van der Waals surface area contributed by atoms with Crippen LogP contribution in [0.4, 0.5) is 0 Å². The van der Waals surface area contributed by atoms with Crippen molar-refractivity contribution in [2.75, 3.05) is 7.11 Å². The summed E-state index contributed by atoms with van der Waals surface area (Å²) in [7, 11) is 1.27. The van der Waals surface area contributed by atoms with Crippen molar-refractivity contribution in [1.82, 2.24) is 0 Å². The van der Waals surface area contributed by atoms with Gasteiger partial charge in [0, 0.05) is 11.5 Å². The van der Waals surface area contributed by atoms with E-state index in [1.54, 1.807) is 25.1 Å². The van der Waals surface area contributed by atoms with E-state index < -0.39 is 11.6 Å². The molecule has 1 aromatic carbocycles. The van der Waals surface area contributed by atoms with Crippen LogP contribution in [0.1, 0.15) is 43.2 Å². The Morgan fingerprint density at radius 2 is 1.92 bits per heavy atom. The third-order valence-electron chi connectivity index (χ3n) is 4.96. The Morgan fingerprint density at radius 3 is 2.62 bits per heavy atom. The van der Waals surface area contributed by atoms with Crippen molar-refractivity contribution < 1.29 is 23.5 Å². The van der Waals surface area contributed by atoms with Crippen LogP contribution in [-0.2, 0) is 20.7 Å². The zero-order valence-corrected chi connectivity index (χ0v) is 15.0. The van der Waals surface area contributed by atoms with Gasteiger partial charge in [-0.05, 0) is 37.5 Å². The topological polar surface area (TPSA) is 82.8 Å². The minimum atomic E-state index is -0.587. The number of benzene rings is 1. The average Bonchev–Trinajstić information content (AvgIpc) is 2.65. The lowest BCUT2D eigenvalue weighted by molar-refractivity contribution is -0.140. The van der Waals surface area contributed by atoms with E-state index in [1.165, 1.54) is 7.11 Å². The normalized spacial score (nSPS) is 15.0. The maximum absolute atomic E-state index is 12.3. The first-order valence-electron chi connectivity index (χ1n) is 8.84. The first-order valence-corrected chi connectivity index (χ1v) is 8.84. The summed E-state index contributed by atoms with van der Waals surface area (Å²) in [6.07, 6.45) is 4.84. The quantitative estimate of drug-likeness (QED) is 0.474. The molecule has 0 saturated heterocycles. The Morgan fingerprint density at radius 1 is 1.19 bits per heavy atom. The molecule has 0 aliphatic heterocycles. The molecule has 2 aromatic rings. The van der Waals surface area contributed by atoms with Crippen molar-refractivity contribution in [2.45, 2.75) is 45.4 Å². The van der Waals surface area contributed by atoms with Crippen molar-refractivity contribution >= 4 is 22.9 Å².